The lowest BCUT2D eigenvalue weighted by molar-refractivity contribution is 0.251. The van der Waals surface area contributed by atoms with Crippen LogP contribution in [0.4, 0.5) is 16.3 Å². The smallest absolute Gasteiger partial charge is 0.319 e. The molecule has 7 heteroatoms. The number of carbonyl (C=O) groups excluding carboxylic acids is 1. The van der Waals surface area contributed by atoms with Crippen molar-refractivity contribution in [3.8, 4) is 0 Å². The highest BCUT2D eigenvalue weighted by molar-refractivity contribution is 7.99. The number of amides is 2. The third-order valence-electron chi connectivity index (χ3n) is 4.05. The number of hydrogen-bond donors (Lipinski definition) is 2. The van der Waals surface area contributed by atoms with Gasteiger partial charge < -0.3 is 15.5 Å². The van der Waals surface area contributed by atoms with Crippen LogP contribution in [-0.2, 0) is 6.54 Å². The van der Waals surface area contributed by atoms with Gasteiger partial charge >= 0.3 is 6.03 Å². The van der Waals surface area contributed by atoms with Crippen molar-refractivity contribution in [1.29, 1.82) is 0 Å². The van der Waals surface area contributed by atoms with Crippen molar-refractivity contribution in [2.45, 2.75) is 13.5 Å². The van der Waals surface area contributed by atoms with Crippen LogP contribution in [0.25, 0.3) is 0 Å². The molecule has 1 fully saturated rings. The number of hydrogen-bond acceptors (Lipinski definition) is 4. The van der Waals surface area contributed by atoms with Crippen LogP contribution in [0, 0.1) is 6.92 Å². The predicted molar refractivity (Wildman–Crippen MR) is 106 cm³/mol. The van der Waals surface area contributed by atoms with Crippen LogP contribution >= 0.6 is 23.4 Å². The van der Waals surface area contributed by atoms with Gasteiger partial charge in [-0.25, -0.2) is 9.78 Å². The number of nitrogens with one attached hydrogen (secondary N) is 2. The first kappa shape index (κ1) is 17.9. The van der Waals surface area contributed by atoms with E-state index in [1.54, 1.807) is 18.3 Å². The molecule has 2 N–H and O–H groups in total. The summed E-state index contributed by atoms with van der Waals surface area (Å²) in [5, 5.41) is 6.31. The van der Waals surface area contributed by atoms with E-state index in [0.717, 1.165) is 41.5 Å². The van der Waals surface area contributed by atoms with Crippen LogP contribution in [0.15, 0.2) is 36.5 Å². The quantitative estimate of drug-likeness (QED) is 0.849. The van der Waals surface area contributed by atoms with Gasteiger partial charge in [0.2, 0.25) is 0 Å². The summed E-state index contributed by atoms with van der Waals surface area (Å²) in [5.41, 5.74) is 2.71. The lowest BCUT2D eigenvalue weighted by Gasteiger charge is -2.27. The van der Waals surface area contributed by atoms with Crippen molar-refractivity contribution >= 4 is 40.9 Å². The minimum atomic E-state index is -0.252. The summed E-state index contributed by atoms with van der Waals surface area (Å²) in [6, 6.07) is 9.14. The molecule has 3 rings (SSSR count). The predicted octanol–water partition coefficient (Wildman–Crippen LogP) is 3.92. The Bertz CT molecular complexity index is 750. The number of halogens is 1. The third kappa shape index (κ3) is 5.03. The summed E-state index contributed by atoms with van der Waals surface area (Å²) in [4.78, 5) is 18.9. The van der Waals surface area contributed by atoms with Gasteiger partial charge in [-0.2, -0.15) is 11.8 Å². The van der Waals surface area contributed by atoms with Gasteiger partial charge in [-0.3, -0.25) is 0 Å². The summed E-state index contributed by atoms with van der Waals surface area (Å²) in [6.07, 6.45) is 1.80. The Balaban J connectivity index is 1.57. The molecule has 0 unspecified atom stereocenters. The van der Waals surface area contributed by atoms with Crippen LogP contribution in [0.3, 0.4) is 0 Å². The largest absolute Gasteiger partial charge is 0.355 e. The zero-order valence-electron chi connectivity index (χ0n) is 14.1. The Morgan fingerprint density at radius 3 is 2.88 bits per heavy atom. The Kier molecular flexibility index (Phi) is 6.04. The van der Waals surface area contributed by atoms with Gasteiger partial charge in [0, 0.05) is 48.0 Å². The average molecular weight is 377 g/mol. The van der Waals surface area contributed by atoms with Gasteiger partial charge in [0.15, 0.2) is 0 Å². The SMILES string of the molecule is Cc1ccc(Cl)cc1NC(=O)NCc1ccnc(N2CCSCC2)c1. The highest BCUT2D eigenvalue weighted by atomic mass is 35.5. The molecule has 1 aliphatic heterocycles. The van der Waals surface area contributed by atoms with Crippen LogP contribution in [0.5, 0.6) is 0 Å². The number of thioether (sulfide) groups is 1. The minimum Gasteiger partial charge on any atom is -0.355 e. The molecule has 5 nitrogen and oxygen atoms in total. The fourth-order valence-electron chi connectivity index (χ4n) is 2.61. The summed E-state index contributed by atoms with van der Waals surface area (Å²) < 4.78 is 0. The molecular weight excluding hydrogens is 356 g/mol. The maximum atomic E-state index is 12.1. The summed E-state index contributed by atoms with van der Waals surface area (Å²) in [7, 11) is 0. The van der Waals surface area contributed by atoms with E-state index in [-0.39, 0.29) is 6.03 Å². The number of aryl methyl sites for hydroxylation is 1. The van der Waals surface area contributed by atoms with Gasteiger partial charge in [0.25, 0.3) is 0 Å². The zero-order chi connectivity index (χ0) is 17.6. The van der Waals surface area contributed by atoms with Crippen molar-refractivity contribution in [2.24, 2.45) is 0 Å². The number of benzene rings is 1. The first-order valence-corrected chi connectivity index (χ1v) is 9.74. The van der Waals surface area contributed by atoms with Crippen LogP contribution in [-0.4, -0.2) is 35.6 Å². The Morgan fingerprint density at radius 1 is 1.28 bits per heavy atom. The monoisotopic (exact) mass is 376 g/mol. The molecule has 0 radical (unpaired) electrons. The molecular formula is C18H21ClN4OS. The van der Waals surface area contributed by atoms with E-state index < -0.39 is 0 Å². The Morgan fingerprint density at radius 2 is 2.08 bits per heavy atom. The first-order valence-electron chi connectivity index (χ1n) is 8.20. The van der Waals surface area contributed by atoms with E-state index >= 15 is 0 Å². The molecule has 2 aromatic rings. The van der Waals surface area contributed by atoms with Crippen molar-refractivity contribution in [3.63, 3.8) is 0 Å². The number of urea groups is 1. The average Bonchev–Trinajstić information content (AvgIpc) is 2.64. The third-order valence-corrected chi connectivity index (χ3v) is 5.22. The Labute approximate surface area is 157 Å². The normalized spacial score (nSPS) is 14.2. The zero-order valence-corrected chi connectivity index (χ0v) is 15.7. The molecule has 0 bridgehead atoms. The van der Waals surface area contributed by atoms with E-state index in [1.807, 2.05) is 36.9 Å². The lowest BCUT2D eigenvalue weighted by atomic mass is 10.2. The molecule has 0 aliphatic carbocycles. The number of nitrogens with zero attached hydrogens (tertiary/aromatic N) is 2. The topological polar surface area (TPSA) is 57.3 Å². The molecule has 0 saturated carbocycles. The first-order chi connectivity index (χ1) is 12.1. The Hall–Kier alpha value is -1.92. The number of carbonyl (C=O) groups is 1. The number of anilines is 2. The van der Waals surface area contributed by atoms with Crippen molar-refractivity contribution in [3.05, 3.63) is 52.7 Å². The second kappa shape index (κ2) is 8.45. The van der Waals surface area contributed by atoms with Crippen molar-refractivity contribution in [2.75, 3.05) is 34.8 Å². The molecule has 1 aromatic heterocycles. The standard InChI is InChI=1S/C18H21ClN4OS/c1-13-2-3-15(19)11-16(13)22-18(24)21-12-14-4-5-20-17(10-14)23-6-8-25-9-7-23/h2-5,10-11H,6-9,12H2,1H3,(H2,21,22,24). The van der Waals surface area contributed by atoms with Gasteiger partial charge in [-0.15, -0.1) is 0 Å². The van der Waals surface area contributed by atoms with Gasteiger partial charge in [-0.1, -0.05) is 17.7 Å². The van der Waals surface area contributed by atoms with Crippen LogP contribution in [0.2, 0.25) is 5.02 Å². The van der Waals surface area contributed by atoms with E-state index in [9.17, 15) is 4.79 Å². The molecule has 1 saturated heterocycles. The highest BCUT2D eigenvalue weighted by Gasteiger charge is 2.13. The molecule has 1 aromatic carbocycles. The fourth-order valence-corrected chi connectivity index (χ4v) is 3.69. The molecule has 0 spiro atoms. The minimum absolute atomic E-state index is 0.252. The molecule has 25 heavy (non-hydrogen) atoms. The number of pyridine rings is 1. The molecule has 132 valence electrons. The molecule has 2 heterocycles. The molecule has 1 aliphatic rings. The second-order valence-electron chi connectivity index (χ2n) is 5.89. The van der Waals surface area contributed by atoms with E-state index in [0.29, 0.717) is 17.3 Å². The van der Waals surface area contributed by atoms with Gasteiger partial charge in [-0.05, 0) is 42.3 Å². The molecule has 0 atom stereocenters. The van der Waals surface area contributed by atoms with Crippen LogP contribution < -0.4 is 15.5 Å². The highest BCUT2D eigenvalue weighted by Crippen LogP contribution is 2.20. The summed E-state index contributed by atoms with van der Waals surface area (Å²) in [5.74, 6) is 3.24. The van der Waals surface area contributed by atoms with Gasteiger partial charge in [0.1, 0.15) is 5.82 Å². The lowest BCUT2D eigenvalue weighted by Crippen LogP contribution is -2.33. The maximum absolute atomic E-state index is 12.1. The van der Waals surface area contributed by atoms with E-state index in [4.69, 9.17) is 11.6 Å². The summed E-state index contributed by atoms with van der Waals surface area (Å²) >= 11 is 7.95. The van der Waals surface area contributed by atoms with E-state index in [1.165, 1.54) is 0 Å². The second-order valence-corrected chi connectivity index (χ2v) is 7.55. The fraction of sp³-hybridized carbons (Fsp3) is 0.333. The van der Waals surface area contributed by atoms with E-state index in [2.05, 4.69) is 20.5 Å². The molecule has 2 amide bonds. The number of aromatic nitrogens is 1. The van der Waals surface area contributed by atoms with Crippen molar-refractivity contribution in [1.82, 2.24) is 10.3 Å². The number of rotatable bonds is 4. The van der Waals surface area contributed by atoms with Crippen LogP contribution in [0.1, 0.15) is 11.1 Å². The maximum Gasteiger partial charge on any atom is 0.319 e. The van der Waals surface area contributed by atoms with Crippen molar-refractivity contribution < 1.29 is 4.79 Å². The van der Waals surface area contributed by atoms with Gasteiger partial charge in [0.05, 0.1) is 0 Å². The summed E-state index contributed by atoms with van der Waals surface area (Å²) in [6.45, 7) is 4.41.